The van der Waals surface area contributed by atoms with Crippen LogP contribution >= 0.6 is 0 Å². The molecule has 350 valence electrons. The third-order valence-corrected chi connectivity index (χ3v) is 7.70. The quantitative estimate of drug-likeness (QED) is 0.0841. The lowest BCUT2D eigenvalue weighted by Gasteiger charge is -2.20. The average molecular weight is 929 g/mol. The summed E-state index contributed by atoms with van der Waals surface area (Å²) >= 11 is 0. The Bertz CT molecular complexity index is 2280. The summed E-state index contributed by atoms with van der Waals surface area (Å²) < 4.78 is 175. The summed E-state index contributed by atoms with van der Waals surface area (Å²) in [5, 5.41) is 15.2. The number of rotatable bonds is 14. The predicted octanol–water partition coefficient (Wildman–Crippen LogP) is 10.8. The number of benzene rings is 4. The third kappa shape index (κ3) is 16.2. The highest BCUT2D eigenvalue weighted by Crippen LogP contribution is 2.33. The molecule has 0 fully saturated rings. The lowest BCUT2D eigenvalue weighted by molar-refractivity contribution is -0.253. The Kier molecular flexibility index (Phi) is 17.1. The SMILES string of the molecule is CC(C)(C)OC(=O)NCc1cc(C(=O)c2cc(F)cc(OC(F)(F)C(F)F)c2)ccc1F.CC(C)(C)OC(=O)NCc1cc(C(O)c2cc(F)cc(OC(F)(F)C(F)F)c2)ccc1F. The highest BCUT2D eigenvalue weighted by molar-refractivity contribution is 6.09. The molecule has 4 rings (SSSR count). The van der Waals surface area contributed by atoms with Crippen molar-refractivity contribution in [2.24, 2.45) is 0 Å². The number of ether oxygens (including phenoxy) is 4. The van der Waals surface area contributed by atoms with E-state index in [4.69, 9.17) is 9.47 Å². The maximum Gasteiger partial charge on any atom is 0.461 e. The van der Waals surface area contributed by atoms with Gasteiger partial charge < -0.3 is 34.7 Å². The first kappa shape index (κ1) is 52.2. The van der Waals surface area contributed by atoms with Crippen molar-refractivity contribution in [3.8, 4) is 11.5 Å². The Labute approximate surface area is 357 Å². The molecule has 0 aliphatic rings. The van der Waals surface area contributed by atoms with E-state index in [0.717, 1.165) is 48.5 Å². The van der Waals surface area contributed by atoms with Gasteiger partial charge in [0.2, 0.25) is 0 Å². The van der Waals surface area contributed by atoms with Gasteiger partial charge in [0.1, 0.15) is 52.1 Å². The summed E-state index contributed by atoms with van der Waals surface area (Å²) in [5.74, 6) is -6.66. The van der Waals surface area contributed by atoms with Crippen molar-refractivity contribution in [2.45, 2.75) is 97.0 Å². The van der Waals surface area contributed by atoms with E-state index in [-0.39, 0.29) is 40.9 Å². The molecule has 64 heavy (non-hydrogen) atoms. The Morgan fingerprint density at radius 1 is 0.562 bits per heavy atom. The van der Waals surface area contributed by atoms with Gasteiger partial charge in [-0.1, -0.05) is 6.07 Å². The highest BCUT2D eigenvalue weighted by atomic mass is 19.3. The second-order valence-electron chi connectivity index (χ2n) is 15.4. The zero-order valence-corrected chi connectivity index (χ0v) is 34.4. The minimum absolute atomic E-state index is 0.0181. The van der Waals surface area contributed by atoms with Crippen molar-refractivity contribution in [1.29, 1.82) is 0 Å². The number of alkyl halides is 8. The zero-order valence-electron chi connectivity index (χ0n) is 34.4. The summed E-state index contributed by atoms with van der Waals surface area (Å²) in [4.78, 5) is 36.1. The summed E-state index contributed by atoms with van der Waals surface area (Å²) in [6.45, 7) is 9.13. The highest BCUT2D eigenvalue weighted by Gasteiger charge is 2.45. The lowest BCUT2D eigenvalue weighted by Crippen LogP contribution is -2.33. The molecule has 1 atom stereocenters. The fraction of sp³-hybridized carbons (Fsp3) is 0.357. The molecule has 0 bridgehead atoms. The Balaban J connectivity index is 0.000000340. The third-order valence-electron chi connectivity index (χ3n) is 7.70. The van der Waals surface area contributed by atoms with Crippen LogP contribution in [-0.4, -0.2) is 59.3 Å². The zero-order chi connectivity index (χ0) is 48.5. The van der Waals surface area contributed by atoms with Crippen molar-refractivity contribution in [3.05, 3.63) is 129 Å². The van der Waals surface area contributed by atoms with Crippen LogP contribution in [0.3, 0.4) is 0 Å². The van der Waals surface area contributed by atoms with Gasteiger partial charge >= 0.3 is 37.3 Å². The Morgan fingerprint density at radius 3 is 1.47 bits per heavy atom. The molecule has 2 amide bonds. The molecule has 0 saturated heterocycles. The van der Waals surface area contributed by atoms with Crippen LogP contribution in [0.1, 0.15) is 85.8 Å². The first-order valence-electron chi connectivity index (χ1n) is 18.4. The van der Waals surface area contributed by atoms with Gasteiger partial charge in [-0.3, -0.25) is 4.79 Å². The number of hydrogen-bond donors (Lipinski definition) is 3. The van der Waals surface area contributed by atoms with Crippen LogP contribution in [0.4, 0.5) is 62.3 Å². The van der Waals surface area contributed by atoms with Crippen LogP contribution in [0, 0.1) is 23.3 Å². The van der Waals surface area contributed by atoms with Crippen molar-refractivity contribution in [1.82, 2.24) is 10.6 Å². The normalized spacial score (nSPS) is 12.5. The van der Waals surface area contributed by atoms with Gasteiger partial charge in [-0.2, -0.15) is 35.1 Å². The molecule has 0 heterocycles. The second-order valence-corrected chi connectivity index (χ2v) is 15.4. The molecule has 4 aromatic rings. The summed E-state index contributed by atoms with van der Waals surface area (Å²) in [6.07, 6.45) is -21.4. The number of carbonyl (C=O) groups is 3. The van der Waals surface area contributed by atoms with E-state index in [2.05, 4.69) is 20.1 Å². The van der Waals surface area contributed by atoms with Crippen molar-refractivity contribution in [3.63, 3.8) is 0 Å². The van der Waals surface area contributed by atoms with Crippen LogP contribution in [0.2, 0.25) is 0 Å². The molecule has 0 aliphatic carbocycles. The van der Waals surface area contributed by atoms with Crippen molar-refractivity contribution in [2.75, 3.05) is 0 Å². The number of hydrogen-bond acceptors (Lipinski definition) is 8. The lowest BCUT2D eigenvalue weighted by atomic mass is 9.99. The Hall–Kier alpha value is -6.19. The van der Waals surface area contributed by atoms with Gasteiger partial charge in [-0.05, 0) is 107 Å². The minimum atomic E-state index is -4.90. The molecular weight excluding hydrogens is 888 g/mol. The Morgan fingerprint density at radius 2 is 1.00 bits per heavy atom. The molecule has 3 N–H and O–H groups in total. The van der Waals surface area contributed by atoms with E-state index < -0.39 is 101 Å². The maximum absolute atomic E-state index is 14.1. The number of aliphatic hydroxyl groups excluding tert-OH is 1. The van der Waals surface area contributed by atoms with Crippen LogP contribution in [0.25, 0.3) is 0 Å². The fourth-order valence-corrected chi connectivity index (χ4v) is 5.03. The largest absolute Gasteiger partial charge is 0.461 e. The fourth-order valence-electron chi connectivity index (χ4n) is 5.03. The summed E-state index contributed by atoms with van der Waals surface area (Å²) in [6, 6.07) is 10.1. The molecule has 1 unspecified atom stereocenters. The monoisotopic (exact) mass is 928 g/mol. The smallest absolute Gasteiger partial charge is 0.444 e. The maximum atomic E-state index is 14.1. The molecule has 22 heteroatoms. The van der Waals surface area contributed by atoms with Crippen molar-refractivity contribution < 1.29 is 91.1 Å². The number of aliphatic hydroxyl groups is 1. The molecular formula is C42H40F12N2O8. The summed E-state index contributed by atoms with van der Waals surface area (Å²) in [5.41, 5.74) is -2.69. The molecule has 0 spiro atoms. The molecule has 0 aliphatic heterocycles. The van der Waals surface area contributed by atoms with E-state index in [1.807, 2.05) is 0 Å². The number of alkyl carbamates (subject to hydrolysis) is 2. The molecule has 10 nitrogen and oxygen atoms in total. The van der Waals surface area contributed by atoms with E-state index in [1.165, 1.54) is 0 Å². The second kappa shape index (κ2) is 21.0. The van der Waals surface area contributed by atoms with Crippen LogP contribution < -0.4 is 20.1 Å². The minimum Gasteiger partial charge on any atom is -0.444 e. The van der Waals surface area contributed by atoms with Crippen LogP contribution in [0.15, 0.2) is 72.8 Å². The van der Waals surface area contributed by atoms with Gasteiger partial charge in [-0.15, -0.1) is 0 Å². The van der Waals surface area contributed by atoms with Crippen LogP contribution in [0.5, 0.6) is 11.5 Å². The number of amides is 2. The van der Waals surface area contributed by atoms with E-state index in [1.54, 1.807) is 41.5 Å². The molecule has 4 aromatic carbocycles. The van der Waals surface area contributed by atoms with E-state index in [0.29, 0.717) is 24.3 Å². The van der Waals surface area contributed by atoms with E-state index in [9.17, 15) is 72.2 Å². The topological polar surface area (TPSA) is 132 Å². The first-order valence-corrected chi connectivity index (χ1v) is 18.4. The van der Waals surface area contributed by atoms with Crippen LogP contribution in [-0.2, 0) is 22.6 Å². The number of carbonyl (C=O) groups excluding carboxylic acids is 3. The number of nitrogens with one attached hydrogen (secondary N) is 2. The predicted molar refractivity (Wildman–Crippen MR) is 202 cm³/mol. The first-order chi connectivity index (χ1) is 29.4. The van der Waals surface area contributed by atoms with Gasteiger partial charge in [0.15, 0.2) is 5.78 Å². The molecule has 0 saturated carbocycles. The average Bonchev–Trinajstić information content (AvgIpc) is 3.14. The van der Waals surface area contributed by atoms with Gasteiger partial charge in [0, 0.05) is 47.5 Å². The summed E-state index contributed by atoms with van der Waals surface area (Å²) in [7, 11) is 0. The van der Waals surface area contributed by atoms with Gasteiger partial charge in [-0.25, -0.2) is 27.2 Å². The molecule has 0 aromatic heterocycles. The standard InChI is InChI=1S/C21H21F6NO4.C21H19F6NO4/c2*1-20(2,3)32-19(30)28-10-13-6-11(4-5-16(13)23)17(29)12-7-14(22)9-15(8-12)31-21(26,27)18(24)25/h4-9,17-18,29H,10H2,1-3H3,(H,28,30);4-9,18H,10H2,1-3H3,(H,28,30). The van der Waals surface area contributed by atoms with Crippen molar-refractivity contribution >= 4 is 18.0 Å². The number of halogens is 12. The van der Waals surface area contributed by atoms with Gasteiger partial charge in [0.25, 0.3) is 0 Å². The number of ketones is 1. The molecule has 0 radical (unpaired) electrons. The van der Waals surface area contributed by atoms with Gasteiger partial charge in [0.05, 0.1) is 0 Å². The van der Waals surface area contributed by atoms with E-state index >= 15 is 0 Å².